The van der Waals surface area contributed by atoms with E-state index in [1.165, 1.54) is 12.8 Å². The van der Waals surface area contributed by atoms with Crippen LogP contribution in [0.1, 0.15) is 48.3 Å². The van der Waals surface area contributed by atoms with E-state index in [2.05, 4.69) is 14.9 Å². The van der Waals surface area contributed by atoms with Crippen molar-refractivity contribution in [3.63, 3.8) is 0 Å². The summed E-state index contributed by atoms with van der Waals surface area (Å²) < 4.78 is 1.75. The van der Waals surface area contributed by atoms with Gasteiger partial charge in [0.05, 0.1) is 11.1 Å². The summed E-state index contributed by atoms with van der Waals surface area (Å²) in [5, 5.41) is 0. The van der Waals surface area contributed by atoms with Crippen LogP contribution in [0.4, 0.5) is 0 Å². The molecule has 2 saturated heterocycles. The van der Waals surface area contributed by atoms with Crippen LogP contribution in [0.2, 0.25) is 0 Å². The van der Waals surface area contributed by atoms with Crippen molar-refractivity contribution in [2.45, 2.75) is 39.0 Å². The lowest BCUT2D eigenvalue weighted by molar-refractivity contribution is -0.145. The van der Waals surface area contributed by atoms with E-state index in [1.807, 2.05) is 18.0 Å². The lowest BCUT2D eigenvalue weighted by Gasteiger charge is -2.39. The highest BCUT2D eigenvalue weighted by Gasteiger charge is 2.50. The smallest absolute Gasteiger partial charge is 0.272 e. The number of aromatic nitrogens is 3. The minimum absolute atomic E-state index is 0.0445. The van der Waals surface area contributed by atoms with Gasteiger partial charge in [-0.15, -0.1) is 0 Å². The quantitative estimate of drug-likeness (QED) is 0.831. The molecule has 0 N–H and O–H groups in total. The van der Waals surface area contributed by atoms with E-state index < -0.39 is 0 Å². The van der Waals surface area contributed by atoms with Gasteiger partial charge < -0.3 is 9.80 Å². The van der Waals surface area contributed by atoms with Gasteiger partial charge in [-0.3, -0.25) is 14.0 Å². The molecule has 2 amide bonds. The molecule has 0 aromatic carbocycles. The van der Waals surface area contributed by atoms with Crippen LogP contribution >= 0.6 is 0 Å². The Bertz CT molecular complexity index is 918. The maximum atomic E-state index is 13.3. The minimum Gasteiger partial charge on any atom is -0.342 e. The molecule has 1 spiro atoms. The number of amides is 2. The summed E-state index contributed by atoms with van der Waals surface area (Å²) >= 11 is 0. The van der Waals surface area contributed by atoms with Crippen LogP contribution < -0.4 is 0 Å². The zero-order chi connectivity index (χ0) is 18.6. The zero-order valence-electron chi connectivity index (χ0n) is 15.7. The highest BCUT2D eigenvalue weighted by Crippen LogP contribution is 2.42. The summed E-state index contributed by atoms with van der Waals surface area (Å²) in [6.07, 6.45) is 8.71. The van der Waals surface area contributed by atoms with E-state index in [9.17, 15) is 9.59 Å². The molecule has 5 rings (SSSR count). The number of imidazole rings is 1. The van der Waals surface area contributed by atoms with Gasteiger partial charge in [-0.25, -0.2) is 9.97 Å². The number of carbonyl (C=O) groups is 2. The molecule has 0 bridgehead atoms. The largest absolute Gasteiger partial charge is 0.342 e. The van der Waals surface area contributed by atoms with Crippen molar-refractivity contribution in [2.24, 2.45) is 11.3 Å². The minimum atomic E-state index is -0.380. The Labute approximate surface area is 158 Å². The van der Waals surface area contributed by atoms with E-state index in [1.54, 1.807) is 16.7 Å². The Balaban J connectivity index is 1.39. The van der Waals surface area contributed by atoms with Crippen LogP contribution in [0.3, 0.4) is 0 Å². The first-order valence-corrected chi connectivity index (χ1v) is 9.96. The lowest BCUT2D eigenvalue weighted by Crippen LogP contribution is -2.51. The molecule has 7 nitrogen and oxygen atoms in total. The number of piperidine rings is 1. The third-order valence-electron chi connectivity index (χ3n) is 6.42. The fourth-order valence-corrected chi connectivity index (χ4v) is 4.77. The van der Waals surface area contributed by atoms with E-state index >= 15 is 0 Å². The van der Waals surface area contributed by atoms with Crippen molar-refractivity contribution in [2.75, 3.05) is 26.2 Å². The third kappa shape index (κ3) is 2.71. The number of nitrogens with zero attached hydrogens (tertiary/aromatic N) is 5. The lowest BCUT2D eigenvalue weighted by atomic mass is 9.78. The number of likely N-dealkylation sites (tertiary alicyclic amines) is 2. The van der Waals surface area contributed by atoms with Crippen molar-refractivity contribution in [1.82, 2.24) is 24.2 Å². The summed E-state index contributed by atoms with van der Waals surface area (Å²) in [4.78, 5) is 39.0. The van der Waals surface area contributed by atoms with Crippen LogP contribution in [0.25, 0.3) is 5.78 Å². The van der Waals surface area contributed by atoms with Gasteiger partial charge in [0.1, 0.15) is 5.69 Å². The first-order valence-electron chi connectivity index (χ1n) is 9.96. The van der Waals surface area contributed by atoms with Crippen LogP contribution in [-0.2, 0) is 4.79 Å². The van der Waals surface area contributed by atoms with E-state index in [-0.39, 0.29) is 17.2 Å². The first kappa shape index (κ1) is 16.7. The number of fused-ring (bicyclic) bond motifs is 1. The molecule has 142 valence electrons. The molecule has 4 heterocycles. The number of rotatable bonds is 3. The Morgan fingerprint density at radius 1 is 1.30 bits per heavy atom. The highest BCUT2D eigenvalue weighted by atomic mass is 16.2. The van der Waals surface area contributed by atoms with Gasteiger partial charge in [0, 0.05) is 38.6 Å². The summed E-state index contributed by atoms with van der Waals surface area (Å²) in [7, 11) is 0. The summed E-state index contributed by atoms with van der Waals surface area (Å²) in [6, 6.07) is 1.80. The molecule has 3 aliphatic rings. The van der Waals surface area contributed by atoms with Crippen LogP contribution in [0.5, 0.6) is 0 Å². The summed E-state index contributed by atoms with van der Waals surface area (Å²) in [5.41, 5.74) is 0.869. The van der Waals surface area contributed by atoms with Crippen molar-refractivity contribution in [1.29, 1.82) is 0 Å². The number of hydrogen-bond acceptors (Lipinski definition) is 4. The number of aryl methyl sites for hydroxylation is 1. The summed E-state index contributed by atoms with van der Waals surface area (Å²) in [6.45, 7) is 4.79. The number of carbonyl (C=O) groups excluding carboxylic acids is 2. The second-order valence-corrected chi connectivity index (χ2v) is 8.39. The van der Waals surface area contributed by atoms with Gasteiger partial charge >= 0.3 is 0 Å². The maximum absolute atomic E-state index is 13.3. The van der Waals surface area contributed by atoms with Gasteiger partial charge in [-0.2, -0.15) is 0 Å². The Hall–Kier alpha value is -2.44. The molecule has 1 saturated carbocycles. The number of hydrogen-bond donors (Lipinski definition) is 0. The predicted molar refractivity (Wildman–Crippen MR) is 99.2 cm³/mol. The van der Waals surface area contributed by atoms with Crippen molar-refractivity contribution < 1.29 is 9.59 Å². The standard InChI is InChI=1S/C20H25N5O2/c1-14-16(25-10-3-8-21-19(25)22-14)17(26)24-11-7-20(13-24)6-2-9-23(18(20)27)12-15-4-5-15/h3,8,10,15H,2,4-7,9,11-13H2,1H3. The average Bonchev–Trinajstić information content (AvgIpc) is 3.27. The van der Waals surface area contributed by atoms with Crippen LogP contribution in [0, 0.1) is 18.3 Å². The topological polar surface area (TPSA) is 70.8 Å². The molecule has 7 heteroatoms. The molecule has 1 atom stereocenters. The molecule has 2 aromatic heterocycles. The Morgan fingerprint density at radius 3 is 2.96 bits per heavy atom. The molecule has 2 aromatic rings. The monoisotopic (exact) mass is 367 g/mol. The van der Waals surface area contributed by atoms with Gasteiger partial charge in [-0.05, 0) is 51.0 Å². The van der Waals surface area contributed by atoms with Gasteiger partial charge in [0.2, 0.25) is 11.7 Å². The van der Waals surface area contributed by atoms with Crippen molar-refractivity contribution in [3.05, 3.63) is 29.8 Å². The highest BCUT2D eigenvalue weighted by molar-refractivity contribution is 5.95. The van der Waals surface area contributed by atoms with Crippen molar-refractivity contribution in [3.8, 4) is 0 Å². The Morgan fingerprint density at radius 2 is 2.15 bits per heavy atom. The van der Waals surface area contributed by atoms with Crippen LogP contribution in [-0.4, -0.2) is 62.2 Å². The molecule has 3 fully saturated rings. The van der Waals surface area contributed by atoms with Crippen molar-refractivity contribution >= 4 is 17.6 Å². The SMILES string of the molecule is Cc1nc2ncccn2c1C(=O)N1CCC2(CCCN(CC3CC3)C2=O)C1. The maximum Gasteiger partial charge on any atom is 0.272 e. The van der Waals surface area contributed by atoms with Gasteiger partial charge in [0.25, 0.3) is 5.91 Å². The molecule has 27 heavy (non-hydrogen) atoms. The van der Waals surface area contributed by atoms with Gasteiger partial charge in [-0.1, -0.05) is 0 Å². The molecule has 0 radical (unpaired) electrons. The van der Waals surface area contributed by atoms with E-state index in [4.69, 9.17) is 0 Å². The molecular weight excluding hydrogens is 342 g/mol. The van der Waals surface area contributed by atoms with Crippen LogP contribution in [0.15, 0.2) is 18.5 Å². The normalized spacial score (nSPS) is 25.7. The fourth-order valence-electron chi connectivity index (χ4n) is 4.77. The fraction of sp³-hybridized carbons (Fsp3) is 0.600. The van der Waals surface area contributed by atoms with Gasteiger partial charge in [0.15, 0.2) is 0 Å². The second kappa shape index (κ2) is 6.04. The first-order chi connectivity index (χ1) is 13.1. The van der Waals surface area contributed by atoms with E-state index in [0.29, 0.717) is 36.2 Å². The molecular formula is C20H25N5O2. The second-order valence-electron chi connectivity index (χ2n) is 8.39. The molecule has 2 aliphatic heterocycles. The predicted octanol–water partition coefficient (Wildman–Crippen LogP) is 1.90. The summed E-state index contributed by atoms with van der Waals surface area (Å²) in [5.74, 6) is 1.47. The molecule has 1 aliphatic carbocycles. The third-order valence-corrected chi connectivity index (χ3v) is 6.42. The zero-order valence-corrected chi connectivity index (χ0v) is 15.7. The van der Waals surface area contributed by atoms with E-state index in [0.717, 1.165) is 32.4 Å². The Kier molecular flexibility index (Phi) is 3.74. The average molecular weight is 367 g/mol. The molecule has 1 unspecified atom stereocenters.